The van der Waals surface area contributed by atoms with Crippen LogP contribution in [0.5, 0.6) is 0 Å². The van der Waals surface area contributed by atoms with Gasteiger partial charge in [-0.3, -0.25) is 0 Å². The van der Waals surface area contributed by atoms with E-state index in [1.807, 2.05) is 24.3 Å². The Morgan fingerprint density at radius 3 is 1.75 bits per heavy atom. The number of nitrogens with zero attached hydrogens (tertiary/aromatic N) is 1. The van der Waals surface area contributed by atoms with Crippen LogP contribution >= 0.6 is 0 Å². The Balaban J connectivity index is 1.05. The van der Waals surface area contributed by atoms with Crippen molar-refractivity contribution in [2.75, 3.05) is 4.90 Å². The number of benzene rings is 9. The molecular formula is C52H31NO3. The van der Waals surface area contributed by atoms with Crippen LogP contribution in [0.3, 0.4) is 0 Å². The highest BCUT2D eigenvalue weighted by Crippen LogP contribution is 2.46. The van der Waals surface area contributed by atoms with Crippen LogP contribution in [0.2, 0.25) is 0 Å². The Bertz CT molecular complexity index is 3490. The number of hydrogen-bond donors (Lipinski definition) is 0. The van der Waals surface area contributed by atoms with Crippen LogP contribution in [0.4, 0.5) is 17.1 Å². The maximum Gasteiger partial charge on any atom is 0.143 e. The molecule has 4 heteroatoms. The van der Waals surface area contributed by atoms with Gasteiger partial charge in [0, 0.05) is 60.2 Å². The van der Waals surface area contributed by atoms with Gasteiger partial charge in [0.1, 0.15) is 33.5 Å². The lowest BCUT2D eigenvalue weighted by Crippen LogP contribution is -2.11. The van der Waals surface area contributed by atoms with Crippen molar-refractivity contribution in [3.05, 3.63) is 188 Å². The summed E-state index contributed by atoms with van der Waals surface area (Å²) in [5, 5.41) is 8.91. The minimum Gasteiger partial charge on any atom is -0.456 e. The van der Waals surface area contributed by atoms with Gasteiger partial charge in [-0.15, -0.1) is 0 Å². The van der Waals surface area contributed by atoms with E-state index in [1.165, 1.54) is 0 Å². The zero-order chi connectivity index (χ0) is 36.7. The maximum atomic E-state index is 6.87. The largest absolute Gasteiger partial charge is 0.456 e. The van der Waals surface area contributed by atoms with Crippen LogP contribution in [0.25, 0.3) is 98.8 Å². The minimum atomic E-state index is 0.860. The van der Waals surface area contributed by atoms with E-state index < -0.39 is 0 Å². The lowest BCUT2D eigenvalue weighted by atomic mass is 9.98. The summed E-state index contributed by atoms with van der Waals surface area (Å²) in [6, 6.07) is 66.1. The molecule has 12 aromatic rings. The fourth-order valence-electron chi connectivity index (χ4n) is 8.62. The summed E-state index contributed by atoms with van der Waals surface area (Å²) >= 11 is 0. The van der Waals surface area contributed by atoms with Crippen molar-refractivity contribution in [2.45, 2.75) is 0 Å². The molecule has 0 aliphatic heterocycles. The molecule has 0 unspecified atom stereocenters. The lowest BCUT2D eigenvalue weighted by molar-refractivity contribution is 0.668. The van der Waals surface area contributed by atoms with Gasteiger partial charge in [0.05, 0.1) is 5.69 Å². The van der Waals surface area contributed by atoms with E-state index in [-0.39, 0.29) is 0 Å². The first-order valence-corrected chi connectivity index (χ1v) is 18.9. The standard InChI is InChI=1S/C52H31NO3/c1-2-11-37-33(10-1)22-28-44-43-16-9-15-42(52(43)56-51(37)44)38-12-3-6-17-46(38)53(36-26-29-49-45(31-36)40-14-5-8-19-48(40)54-49)35-24-20-32(21-25-35)34-23-27-41-39-13-4-7-18-47(39)55-50(41)30-34/h1-31H. The first-order chi connectivity index (χ1) is 27.7. The van der Waals surface area contributed by atoms with E-state index in [0.29, 0.717) is 0 Å². The normalized spacial score (nSPS) is 11.9. The second kappa shape index (κ2) is 12.0. The van der Waals surface area contributed by atoms with Crippen molar-refractivity contribution in [3.63, 3.8) is 0 Å². The van der Waals surface area contributed by atoms with Crippen molar-refractivity contribution in [1.82, 2.24) is 0 Å². The Kier molecular flexibility index (Phi) is 6.60. The predicted octanol–water partition coefficient (Wildman–Crippen LogP) is 15.3. The van der Waals surface area contributed by atoms with E-state index in [9.17, 15) is 0 Å². The fourth-order valence-corrected chi connectivity index (χ4v) is 8.62. The number of furan rings is 3. The summed E-state index contributed by atoms with van der Waals surface area (Å²) in [6.45, 7) is 0. The third-order valence-corrected chi connectivity index (χ3v) is 11.3. The van der Waals surface area contributed by atoms with Crippen LogP contribution in [-0.4, -0.2) is 0 Å². The number of para-hydroxylation sites is 4. The van der Waals surface area contributed by atoms with Gasteiger partial charge in [0.2, 0.25) is 0 Å². The van der Waals surface area contributed by atoms with Gasteiger partial charge < -0.3 is 18.2 Å². The highest BCUT2D eigenvalue weighted by atomic mass is 16.3. The topological polar surface area (TPSA) is 42.7 Å². The highest BCUT2D eigenvalue weighted by molar-refractivity contribution is 6.18. The average Bonchev–Trinajstić information content (AvgIpc) is 3.95. The molecule has 0 saturated heterocycles. The molecule has 0 saturated carbocycles. The molecule has 3 aromatic heterocycles. The van der Waals surface area contributed by atoms with Crippen LogP contribution in [-0.2, 0) is 0 Å². The van der Waals surface area contributed by atoms with Crippen molar-refractivity contribution in [3.8, 4) is 22.3 Å². The Morgan fingerprint density at radius 1 is 0.304 bits per heavy atom. The molecule has 0 bridgehead atoms. The molecule has 0 radical (unpaired) electrons. The van der Waals surface area contributed by atoms with E-state index in [2.05, 4.69) is 169 Å². The number of hydrogen-bond acceptors (Lipinski definition) is 4. The third kappa shape index (κ3) is 4.66. The second-order valence-corrected chi connectivity index (χ2v) is 14.4. The third-order valence-electron chi connectivity index (χ3n) is 11.3. The summed E-state index contributed by atoms with van der Waals surface area (Å²) in [6.07, 6.45) is 0. The molecule has 9 aromatic carbocycles. The van der Waals surface area contributed by atoms with E-state index in [0.717, 1.165) is 116 Å². The first kappa shape index (κ1) is 30.9. The van der Waals surface area contributed by atoms with Gasteiger partial charge in [0.15, 0.2) is 0 Å². The molecule has 0 fully saturated rings. The summed E-state index contributed by atoms with van der Waals surface area (Å²) < 4.78 is 19.4. The molecule has 0 N–H and O–H groups in total. The Hall–Kier alpha value is -7.56. The SMILES string of the molecule is c1ccc(N(c2ccc(-c3ccc4c(c3)oc3ccccc34)cc2)c2ccc3oc4ccccc4c3c2)c(-c2cccc3c2oc2c4ccccc4ccc32)c1. The minimum absolute atomic E-state index is 0.860. The maximum absolute atomic E-state index is 6.87. The van der Waals surface area contributed by atoms with Gasteiger partial charge >= 0.3 is 0 Å². The predicted molar refractivity (Wildman–Crippen MR) is 231 cm³/mol. The molecule has 262 valence electrons. The molecule has 0 aliphatic carbocycles. The molecule has 56 heavy (non-hydrogen) atoms. The Labute approximate surface area is 321 Å². The van der Waals surface area contributed by atoms with Gasteiger partial charge in [-0.2, -0.15) is 0 Å². The van der Waals surface area contributed by atoms with Gasteiger partial charge in [-0.1, -0.05) is 121 Å². The molecule has 0 amide bonds. The number of anilines is 3. The van der Waals surface area contributed by atoms with E-state index in [4.69, 9.17) is 13.3 Å². The Morgan fingerprint density at radius 2 is 0.893 bits per heavy atom. The van der Waals surface area contributed by atoms with Crippen molar-refractivity contribution in [2.24, 2.45) is 0 Å². The van der Waals surface area contributed by atoms with Crippen LogP contribution in [0.1, 0.15) is 0 Å². The van der Waals surface area contributed by atoms with Gasteiger partial charge in [-0.25, -0.2) is 0 Å². The van der Waals surface area contributed by atoms with Crippen LogP contribution < -0.4 is 4.90 Å². The summed E-state index contributed by atoms with van der Waals surface area (Å²) in [5.74, 6) is 0. The van der Waals surface area contributed by atoms with Crippen LogP contribution in [0.15, 0.2) is 201 Å². The molecule has 12 rings (SSSR count). The summed E-state index contributed by atoms with van der Waals surface area (Å²) in [5.41, 5.74) is 12.7. The number of rotatable bonds is 5. The molecule has 0 atom stereocenters. The van der Waals surface area contributed by atoms with Crippen molar-refractivity contribution >= 4 is 93.7 Å². The van der Waals surface area contributed by atoms with Crippen molar-refractivity contribution < 1.29 is 13.3 Å². The molecule has 3 heterocycles. The monoisotopic (exact) mass is 717 g/mol. The summed E-state index contributed by atoms with van der Waals surface area (Å²) in [4.78, 5) is 2.35. The smallest absolute Gasteiger partial charge is 0.143 e. The molecule has 0 spiro atoms. The fraction of sp³-hybridized carbons (Fsp3) is 0. The summed E-state index contributed by atoms with van der Waals surface area (Å²) in [7, 11) is 0. The van der Waals surface area contributed by atoms with Gasteiger partial charge in [0.25, 0.3) is 0 Å². The van der Waals surface area contributed by atoms with Gasteiger partial charge in [-0.05, 0) is 83.2 Å². The average molecular weight is 718 g/mol. The van der Waals surface area contributed by atoms with Crippen LogP contribution in [0, 0.1) is 0 Å². The molecular weight excluding hydrogens is 687 g/mol. The first-order valence-electron chi connectivity index (χ1n) is 18.9. The highest BCUT2D eigenvalue weighted by Gasteiger charge is 2.22. The number of fused-ring (bicyclic) bond motifs is 11. The zero-order valence-electron chi connectivity index (χ0n) is 30.1. The van der Waals surface area contributed by atoms with Crippen molar-refractivity contribution in [1.29, 1.82) is 0 Å². The second-order valence-electron chi connectivity index (χ2n) is 14.4. The quantitative estimate of drug-likeness (QED) is 0.178. The van der Waals surface area contributed by atoms with E-state index in [1.54, 1.807) is 0 Å². The lowest BCUT2D eigenvalue weighted by Gasteiger charge is -2.28. The molecule has 0 aliphatic rings. The van der Waals surface area contributed by atoms with E-state index >= 15 is 0 Å². The zero-order valence-corrected chi connectivity index (χ0v) is 30.1. The molecule has 4 nitrogen and oxygen atoms in total.